The van der Waals surface area contributed by atoms with Gasteiger partial charge >= 0.3 is 0 Å². The fourth-order valence-electron chi connectivity index (χ4n) is 3.47. The van der Waals surface area contributed by atoms with Gasteiger partial charge in [0, 0.05) is 58.1 Å². The van der Waals surface area contributed by atoms with Crippen molar-refractivity contribution in [2.75, 3.05) is 26.2 Å². The van der Waals surface area contributed by atoms with Crippen LogP contribution in [0.5, 0.6) is 0 Å². The number of benzene rings is 1. The molecule has 0 saturated carbocycles. The summed E-state index contributed by atoms with van der Waals surface area (Å²) in [6.45, 7) is 3.97. The Morgan fingerprint density at radius 3 is 2.56 bits per heavy atom. The minimum Gasteiger partial charge on any atom is -0.441 e. The van der Waals surface area contributed by atoms with Gasteiger partial charge in [-0.15, -0.1) is 0 Å². The number of fused-ring (bicyclic) bond motifs is 1. The summed E-state index contributed by atoms with van der Waals surface area (Å²) < 4.78 is 7.45. The highest BCUT2D eigenvalue weighted by Crippen LogP contribution is 2.19. The van der Waals surface area contributed by atoms with Gasteiger partial charge in [-0.1, -0.05) is 0 Å². The Bertz CT molecular complexity index is 996. The maximum Gasteiger partial charge on any atom is 0.254 e. The second-order valence-corrected chi connectivity index (χ2v) is 6.95. The van der Waals surface area contributed by atoms with Gasteiger partial charge in [0.05, 0.1) is 6.42 Å². The van der Waals surface area contributed by atoms with Gasteiger partial charge in [0.15, 0.2) is 11.5 Å². The van der Waals surface area contributed by atoms with Crippen molar-refractivity contribution in [2.45, 2.75) is 13.3 Å². The fourth-order valence-corrected chi connectivity index (χ4v) is 3.47. The molecule has 27 heavy (non-hydrogen) atoms. The average Bonchev–Trinajstić information content (AvgIpc) is 3.24. The van der Waals surface area contributed by atoms with Gasteiger partial charge in [0.25, 0.3) is 5.91 Å². The number of hydrogen-bond acceptors (Lipinski definition) is 4. The van der Waals surface area contributed by atoms with Crippen molar-refractivity contribution in [3.8, 4) is 0 Å². The summed E-state index contributed by atoms with van der Waals surface area (Å²) in [5.74, 6) is 0.646. The van der Waals surface area contributed by atoms with E-state index in [1.54, 1.807) is 30.0 Å². The third-order valence-electron chi connectivity index (χ3n) is 4.91. The first-order valence-corrected chi connectivity index (χ1v) is 9.05. The van der Waals surface area contributed by atoms with Crippen LogP contribution in [-0.4, -0.2) is 57.3 Å². The Labute approximate surface area is 157 Å². The fraction of sp³-hybridized carbons (Fsp3) is 0.350. The molecule has 3 heterocycles. The first kappa shape index (κ1) is 17.3. The zero-order chi connectivity index (χ0) is 19.0. The van der Waals surface area contributed by atoms with Crippen LogP contribution in [0.4, 0.5) is 0 Å². The summed E-state index contributed by atoms with van der Waals surface area (Å²) in [7, 11) is 1.94. The molecule has 1 aliphatic rings. The molecule has 0 atom stereocenters. The topological polar surface area (TPSA) is 71.6 Å². The van der Waals surface area contributed by atoms with E-state index < -0.39 is 0 Å². The summed E-state index contributed by atoms with van der Waals surface area (Å²) in [4.78, 5) is 33.1. The van der Waals surface area contributed by atoms with Crippen LogP contribution in [0.3, 0.4) is 0 Å². The molecule has 0 N–H and O–H groups in total. The van der Waals surface area contributed by atoms with Gasteiger partial charge in [-0.2, -0.15) is 0 Å². The molecule has 2 amide bonds. The van der Waals surface area contributed by atoms with Crippen molar-refractivity contribution < 1.29 is 14.0 Å². The van der Waals surface area contributed by atoms with Crippen molar-refractivity contribution in [3.05, 3.63) is 53.7 Å². The van der Waals surface area contributed by atoms with E-state index in [1.807, 2.05) is 35.0 Å². The van der Waals surface area contributed by atoms with Crippen LogP contribution in [0, 0.1) is 6.92 Å². The standard InChI is InChI=1S/C20H22N4O3/c1-14-21-17-4-3-16(12-18(17)27-14)20(26)24-9-7-23(8-10-24)19(25)11-15-5-6-22(2)13-15/h3-6,12-13H,7-11H2,1-2H3. The minimum absolute atomic E-state index is 0.0406. The van der Waals surface area contributed by atoms with Crippen LogP contribution in [0.25, 0.3) is 11.1 Å². The Morgan fingerprint density at radius 1 is 1.11 bits per heavy atom. The lowest BCUT2D eigenvalue weighted by atomic mass is 10.1. The SMILES string of the molecule is Cc1nc2ccc(C(=O)N3CCN(C(=O)Cc4ccn(C)c4)CC3)cc2o1. The lowest BCUT2D eigenvalue weighted by Gasteiger charge is -2.34. The van der Waals surface area contributed by atoms with E-state index in [9.17, 15) is 9.59 Å². The molecule has 1 aliphatic heterocycles. The Kier molecular flexibility index (Phi) is 4.43. The number of hydrogen-bond donors (Lipinski definition) is 0. The van der Waals surface area contributed by atoms with E-state index in [1.165, 1.54) is 0 Å². The molecule has 0 spiro atoms. The number of rotatable bonds is 3. The number of aromatic nitrogens is 2. The number of oxazole rings is 1. The summed E-state index contributed by atoms with van der Waals surface area (Å²) in [6.07, 6.45) is 4.29. The molecule has 7 nitrogen and oxygen atoms in total. The monoisotopic (exact) mass is 366 g/mol. The summed E-state index contributed by atoms with van der Waals surface area (Å²) >= 11 is 0. The minimum atomic E-state index is -0.0406. The van der Waals surface area contributed by atoms with Crippen LogP contribution >= 0.6 is 0 Å². The highest BCUT2D eigenvalue weighted by Gasteiger charge is 2.25. The molecule has 1 saturated heterocycles. The molecule has 3 aromatic rings. The number of carbonyl (C=O) groups is 2. The van der Waals surface area contributed by atoms with Crippen LogP contribution in [0.15, 0.2) is 41.1 Å². The van der Waals surface area contributed by atoms with Crippen LogP contribution in [0.1, 0.15) is 21.8 Å². The Morgan fingerprint density at radius 2 is 1.85 bits per heavy atom. The molecule has 0 bridgehead atoms. The number of carbonyl (C=O) groups excluding carboxylic acids is 2. The van der Waals surface area contributed by atoms with Crippen molar-refractivity contribution in [3.63, 3.8) is 0 Å². The maximum atomic E-state index is 12.8. The Hall–Kier alpha value is -3.09. The third-order valence-corrected chi connectivity index (χ3v) is 4.91. The molecule has 7 heteroatoms. The van der Waals surface area contributed by atoms with Crippen molar-refractivity contribution in [1.82, 2.24) is 19.4 Å². The molecule has 1 fully saturated rings. The van der Waals surface area contributed by atoms with Gasteiger partial charge in [0.1, 0.15) is 5.52 Å². The number of aryl methyl sites for hydroxylation is 2. The molecule has 4 rings (SSSR count). The van der Waals surface area contributed by atoms with E-state index in [0.29, 0.717) is 49.6 Å². The van der Waals surface area contributed by atoms with Crippen molar-refractivity contribution in [2.24, 2.45) is 7.05 Å². The number of nitrogens with zero attached hydrogens (tertiary/aromatic N) is 4. The van der Waals surface area contributed by atoms with Gasteiger partial charge in [-0.25, -0.2) is 4.98 Å². The van der Waals surface area contributed by atoms with Crippen molar-refractivity contribution in [1.29, 1.82) is 0 Å². The molecule has 1 aromatic carbocycles. The highest BCUT2D eigenvalue weighted by atomic mass is 16.3. The molecule has 2 aromatic heterocycles. The number of piperazine rings is 1. The smallest absolute Gasteiger partial charge is 0.254 e. The second kappa shape index (κ2) is 6.90. The van der Waals surface area contributed by atoms with E-state index in [4.69, 9.17) is 4.42 Å². The van der Waals surface area contributed by atoms with Gasteiger partial charge in [0.2, 0.25) is 5.91 Å². The molecular weight excluding hydrogens is 344 g/mol. The van der Waals surface area contributed by atoms with Gasteiger partial charge in [-0.05, 0) is 29.8 Å². The third kappa shape index (κ3) is 3.58. The predicted octanol–water partition coefficient (Wildman–Crippen LogP) is 2.00. The highest BCUT2D eigenvalue weighted by molar-refractivity contribution is 5.97. The largest absolute Gasteiger partial charge is 0.441 e. The first-order valence-electron chi connectivity index (χ1n) is 9.05. The summed E-state index contributed by atoms with van der Waals surface area (Å²) in [5, 5.41) is 0. The lowest BCUT2D eigenvalue weighted by Crippen LogP contribution is -2.51. The van der Waals surface area contributed by atoms with E-state index in [2.05, 4.69) is 4.98 Å². The number of amides is 2. The van der Waals surface area contributed by atoms with Crippen LogP contribution in [0.2, 0.25) is 0 Å². The molecular formula is C20H22N4O3. The van der Waals surface area contributed by atoms with E-state index >= 15 is 0 Å². The summed E-state index contributed by atoms with van der Waals surface area (Å²) in [5.41, 5.74) is 2.97. The molecule has 140 valence electrons. The summed E-state index contributed by atoms with van der Waals surface area (Å²) in [6, 6.07) is 7.28. The zero-order valence-electron chi connectivity index (χ0n) is 15.5. The first-order chi connectivity index (χ1) is 13.0. The van der Waals surface area contributed by atoms with Crippen LogP contribution in [-0.2, 0) is 18.3 Å². The normalized spacial score (nSPS) is 14.7. The van der Waals surface area contributed by atoms with E-state index in [0.717, 1.165) is 11.1 Å². The molecule has 0 unspecified atom stereocenters. The van der Waals surface area contributed by atoms with E-state index in [-0.39, 0.29) is 11.8 Å². The molecule has 0 aliphatic carbocycles. The average molecular weight is 366 g/mol. The molecule has 0 radical (unpaired) electrons. The predicted molar refractivity (Wildman–Crippen MR) is 100 cm³/mol. The lowest BCUT2D eigenvalue weighted by molar-refractivity contribution is -0.131. The second-order valence-electron chi connectivity index (χ2n) is 6.95. The quantitative estimate of drug-likeness (QED) is 0.711. The van der Waals surface area contributed by atoms with Gasteiger partial charge < -0.3 is 18.8 Å². The van der Waals surface area contributed by atoms with Gasteiger partial charge in [-0.3, -0.25) is 9.59 Å². The zero-order valence-corrected chi connectivity index (χ0v) is 15.5. The maximum absolute atomic E-state index is 12.8. The Balaban J connectivity index is 1.37. The van der Waals surface area contributed by atoms with Crippen molar-refractivity contribution >= 4 is 22.9 Å². The van der Waals surface area contributed by atoms with Crippen LogP contribution < -0.4 is 0 Å².